The van der Waals surface area contributed by atoms with Crippen LogP contribution in [0.1, 0.15) is 55.1 Å². The predicted molar refractivity (Wildman–Crippen MR) is 124 cm³/mol. The minimum Gasteiger partial charge on any atom is -0.497 e. The fourth-order valence-corrected chi connectivity index (χ4v) is 3.86. The van der Waals surface area contributed by atoms with Gasteiger partial charge in [0.15, 0.2) is 5.78 Å². The summed E-state index contributed by atoms with van der Waals surface area (Å²) in [7, 11) is 1.65. The van der Waals surface area contributed by atoms with Gasteiger partial charge in [-0.05, 0) is 75.1 Å². The van der Waals surface area contributed by atoms with Gasteiger partial charge in [-0.3, -0.25) is 4.79 Å². The zero-order chi connectivity index (χ0) is 21.0. The molecule has 1 aliphatic rings. The van der Waals surface area contributed by atoms with Crippen LogP contribution in [0, 0.1) is 0 Å². The number of anilines is 1. The van der Waals surface area contributed by atoms with Gasteiger partial charge in [-0.25, -0.2) is 0 Å². The van der Waals surface area contributed by atoms with Crippen LogP contribution >= 0.6 is 12.2 Å². The molecule has 0 saturated carbocycles. The highest BCUT2D eigenvalue weighted by Crippen LogP contribution is 2.32. The lowest BCUT2D eigenvalue weighted by Crippen LogP contribution is -2.43. The zero-order valence-corrected chi connectivity index (χ0v) is 18.3. The van der Waals surface area contributed by atoms with Gasteiger partial charge in [-0.1, -0.05) is 25.2 Å². The Bertz CT molecular complexity index is 946. The number of rotatable bonds is 6. The molecular weight excluding hydrogens is 380 g/mol. The molecule has 2 N–H and O–H groups in total. The first-order valence-electron chi connectivity index (χ1n) is 9.93. The molecule has 5 heteroatoms. The normalized spacial score (nSPS) is 15.9. The van der Waals surface area contributed by atoms with Crippen molar-refractivity contribution < 1.29 is 9.53 Å². The van der Waals surface area contributed by atoms with Crippen molar-refractivity contribution in [2.24, 2.45) is 0 Å². The quantitative estimate of drug-likeness (QED) is 0.382. The van der Waals surface area contributed by atoms with Gasteiger partial charge < -0.3 is 15.4 Å². The van der Waals surface area contributed by atoms with Crippen LogP contribution in [0.25, 0.3) is 5.70 Å². The largest absolute Gasteiger partial charge is 0.497 e. The van der Waals surface area contributed by atoms with Crippen molar-refractivity contribution in [3.63, 3.8) is 0 Å². The van der Waals surface area contributed by atoms with E-state index in [2.05, 4.69) is 37.5 Å². The number of benzene rings is 2. The molecule has 2 aromatic rings. The number of fused-ring (bicyclic) bond motifs is 1. The number of carbonyl (C=O) groups excluding carboxylic acids is 1. The first-order valence-corrected chi connectivity index (χ1v) is 10.3. The van der Waals surface area contributed by atoms with E-state index in [0.717, 1.165) is 46.9 Å². The lowest BCUT2D eigenvalue weighted by molar-refractivity contribution is 0.104. The van der Waals surface area contributed by atoms with Crippen molar-refractivity contribution in [2.45, 2.75) is 45.6 Å². The third-order valence-corrected chi connectivity index (χ3v) is 5.22. The third kappa shape index (κ3) is 5.24. The van der Waals surface area contributed by atoms with E-state index >= 15 is 0 Å². The van der Waals surface area contributed by atoms with Crippen molar-refractivity contribution in [1.82, 2.24) is 5.32 Å². The second-order valence-corrected chi connectivity index (χ2v) is 8.50. The first-order chi connectivity index (χ1) is 13.8. The Morgan fingerprint density at radius 3 is 2.62 bits per heavy atom. The van der Waals surface area contributed by atoms with Crippen molar-refractivity contribution in [1.29, 1.82) is 0 Å². The summed E-state index contributed by atoms with van der Waals surface area (Å²) in [4.78, 5) is 13.7. The Labute approximate surface area is 178 Å². The molecule has 0 fully saturated rings. The number of carbonyl (C=O) groups is 1. The molecular formula is C24H28N2O2S. The fraction of sp³-hybridized carbons (Fsp3) is 0.333. The summed E-state index contributed by atoms with van der Waals surface area (Å²) in [6.45, 7) is 6.37. The molecule has 152 valence electrons. The molecule has 0 atom stereocenters. The molecule has 0 aliphatic carbocycles. The molecule has 0 radical (unpaired) electrons. The van der Waals surface area contributed by atoms with Gasteiger partial charge in [0, 0.05) is 34.1 Å². The molecule has 0 aromatic heterocycles. The van der Waals surface area contributed by atoms with Crippen molar-refractivity contribution in [3.05, 3.63) is 65.2 Å². The second-order valence-electron chi connectivity index (χ2n) is 8.01. The van der Waals surface area contributed by atoms with E-state index < -0.39 is 0 Å². The average Bonchev–Trinajstić information content (AvgIpc) is 2.67. The van der Waals surface area contributed by atoms with Gasteiger partial charge in [0.2, 0.25) is 0 Å². The first kappa shape index (κ1) is 21.1. The number of ketones is 1. The highest BCUT2D eigenvalue weighted by atomic mass is 32.1. The van der Waals surface area contributed by atoms with Crippen molar-refractivity contribution >= 4 is 34.4 Å². The van der Waals surface area contributed by atoms with Crippen molar-refractivity contribution in [2.75, 3.05) is 12.4 Å². The Balaban J connectivity index is 1.85. The monoisotopic (exact) mass is 408 g/mol. The van der Waals surface area contributed by atoms with Gasteiger partial charge >= 0.3 is 0 Å². The lowest BCUT2D eigenvalue weighted by atomic mass is 9.85. The number of allylic oxidation sites excluding steroid dienone is 1. The molecule has 0 bridgehead atoms. The highest BCUT2D eigenvalue weighted by Gasteiger charge is 2.28. The summed E-state index contributed by atoms with van der Waals surface area (Å²) < 4.78 is 5.37. The molecule has 29 heavy (non-hydrogen) atoms. The smallest absolute Gasteiger partial charge is 0.187 e. The standard InChI is InChI=1S/C24H28N2O2S/c1-5-6-23(29)25-18-10-7-16(8-11-18)22(27)14-21-20-13-19(28-4)12-9-17(20)15-24(2,3)26-21/h7-14,26H,5-6,15H2,1-4H3,(H,25,29)/b21-14-. The van der Waals surface area contributed by atoms with Crippen LogP contribution < -0.4 is 15.4 Å². The van der Waals surface area contributed by atoms with E-state index in [1.165, 1.54) is 5.56 Å². The number of thiocarbonyl (C=S) groups is 1. The van der Waals surface area contributed by atoms with E-state index in [1.807, 2.05) is 36.4 Å². The minimum absolute atomic E-state index is 0.0401. The highest BCUT2D eigenvalue weighted by molar-refractivity contribution is 7.80. The molecule has 0 unspecified atom stereocenters. The number of ether oxygens (including phenoxy) is 1. The lowest BCUT2D eigenvalue weighted by Gasteiger charge is -2.35. The average molecular weight is 409 g/mol. The summed E-state index contributed by atoms with van der Waals surface area (Å²) in [5.74, 6) is 0.740. The van der Waals surface area contributed by atoms with Crippen LogP contribution in [-0.2, 0) is 6.42 Å². The van der Waals surface area contributed by atoms with Crippen LogP contribution in [-0.4, -0.2) is 23.4 Å². The summed E-state index contributed by atoms with van der Waals surface area (Å²) >= 11 is 5.30. The predicted octanol–water partition coefficient (Wildman–Crippen LogP) is 5.38. The molecule has 0 spiro atoms. The van der Waals surface area contributed by atoms with E-state index in [9.17, 15) is 4.79 Å². The zero-order valence-electron chi connectivity index (χ0n) is 17.5. The number of methoxy groups -OCH3 is 1. The molecule has 1 heterocycles. The van der Waals surface area contributed by atoms with Gasteiger partial charge in [0.1, 0.15) is 5.75 Å². The second kappa shape index (κ2) is 8.78. The van der Waals surface area contributed by atoms with Gasteiger partial charge in [-0.15, -0.1) is 0 Å². The molecule has 4 nitrogen and oxygen atoms in total. The number of hydrogen-bond donors (Lipinski definition) is 2. The Kier molecular flexibility index (Phi) is 6.38. The van der Waals surface area contributed by atoms with Crippen LogP contribution in [0.3, 0.4) is 0 Å². The summed E-state index contributed by atoms with van der Waals surface area (Å²) in [6.07, 6.45) is 4.43. The van der Waals surface area contributed by atoms with E-state index in [-0.39, 0.29) is 11.3 Å². The maximum absolute atomic E-state index is 12.9. The van der Waals surface area contributed by atoms with E-state index in [1.54, 1.807) is 13.2 Å². The van der Waals surface area contributed by atoms with Gasteiger partial charge in [0.25, 0.3) is 0 Å². The Morgan fingerprint density at radius 2 is 1.97 bits per heavy atom. The topological polar surface area (TPSA) is 50.4 Å². The van der Waals surface area contributed by atoms with Gasteiger partial charge in [0.05, 0.1) is 12.1 Å². The third-order valence-electron chi connectivity index (χ3n) is 4.92. The Hall–Kier alpha value is -2.66. The van der Waals surface area contributed by atoms with Crippen LogP contribution in [0.2, 0.25) is 0 Å². The van der Waals surface area contributed by atoms with Crippen LogP contribution in [0.5, 0.6) is 5.75 Å². The van der Waals surface area contributed by atoms with Crippen LogP contribution in [0.15, 0.2) is 48.5 Å². The van der Waals surface area contributed by atoms with Gasteiger partial charge in [-0.2, -0.15) is 0 Å². The van der Waals surface area contributed by atoms with Crippen LogP contribution in [0.4, 0.5) is 5.69 Å². The summed E-state index contributed by atoms with van der Waals surface area (Å²) in [5.41, 5.74) is 4.46. The van der Waals surface area contributed by atoms with E-state index in [4.69, 9.17) is 17.0 Å². The number of nitrogens with one attached hydrogen (secondary N) is 2. The fourth-order valence-electron chi connectivity index (χ4n) is 3.54. The molecule has 0 amide bonds. The molecule has 0 saturated heterocycles. The maximum atomic E-state index is 12.9. The maximum Gasteiger partial charge on any atom is 0.187 e. The molecule has 1 aliphatic heterocycles. The summed E-state index contributed by atoms with van der Waals surface area (Å²) in [5, 5.41) is 6.71. The Morgan fingerprint density at radius 1 is 1.24 bits per heavy atom. The SMILES string of the molecule is CCCC(=S)Nc1ccc(C(=O)/C=C2\NC(C)(C)Cc3ccc(OC)cc32)cc1. The van der Waals surface area contributed by atoms with Crippen molar-refractivity contribution in [3.8, 4) is 5.75 Å². The van der Waals surface area contributed by atoms with E-state index in [0.29, 0.717) is 5.56 Å². The minimum atomic E-state index is -0.129. The number of hydrogen-bond acceptors (Lipinski definition) is 4. The summed E-state index contributed by atoms with van der Waals surface area (Å²) in [6, 6.07) is 13.5. The molecule has 2 aromatic carbocycles. The molecule has 3 rings (SSSR count).